The Morgan fingerprint density at radius 3 is 1.23 bits per heavy atom. The Hall–Kier alpha value is -7.46. The van der Waals surface area contributed by atoms with Crippen molar-refractivity contribution in [3.63, 3.8) is 0 Å². The van der Waals surface area contributed by atoms with Gasteiger partial charge in [-0.05, 0) is 105 Å². The molecule has 0 bridgehead atoms. The molecular weight excluding hydrogens is 957 g/mol. The van der Waals surface area contributed by atoms with Crippen LogP contribution in [0.15, 0.2) is 72.8 Å². The Labute approximate surface area is 419 Å². The van der Waals surface area contributed by atoms with E-state index in [9.17, 15) is 58.8 Å². The molecule has 0 radical (unpaired) electrons. The number of benzene rings is 4. The molecule has 0 saturated carbocycles. The van der Waals surface area contributed by atoms with Gasteiger partial charge in [0.25, 0.3) is 35.4 Å². The predicted octanol–water partition coefficient (Wildman–Crippen LogP) is 4.25. The topological polar surface area (TPSA) is 314 Å². The van der Waals surface area contributed by atoms with Gasteiger partial charge in [-0.1, -0.05) is 63.1 Å². The number of nitrogens with one attached hydrogen (secondary N) is 8. The van der Waals surface area contributed by atoms with Crippen molar-refractivity contribution in [1.29, 1.82) is 0 Å². The molecule has 0 aliphatic heterocycles. The van der Waals surface area contributed by atoms with E-state index in [1.165, 1.54) is 48.5 Å². The lowest BCUT2D eigenvalue weighted by Gasteiger charge is -2.14. The number of para-hydroxylation sites is 2. The second kappa shape index (κ2) is 28.3. The van der Waals surface area contributed by atoms with Gasteiger partial charge in [-0.2, -0.15) is 0 Å². The molecule has 4 rings (SSSR count). The van der Waals surface area contributed by atoms with Crippen LogP contribution in [0.25, 0.3) is 0 Å². The molecular formula is C49H60N8O12S2. The number of hydrogen-bond acceptors (Lipinski definition) is 14. The number of hydrogen-bond donors (Lipinski definition) is 12. The lowest BCUT2D eigenvalue weighted by atomic mass is 10.00. The number of carbonyl (C=O) groups excluding carboxylic acids is 8. The molecule has 0 spiro atoms. The summed E-state index contributed by atoms with van der Waals surface area (Å²) >= 11 is 2.23. The summed E-state index contributed by atoms with van der Waals surface area (Å²) in [4.78, 5) is 101. The van der Waals surface area contributed by atoms with Crippen LogP contribution in [0.1, 0.15) is 130 Å². The van der Waals surface area contributed by atoms with Gasteiger partial charge in [0.2, 0.25) is 11.8 Å². The smallest absolute Gasteiger partial charge is 0.273 e. The van der Waals surface area contributed by atoms with E-state index in [0.717, 1.165) is 49.2 Å². The van der Waals surface area contributed by atoms with Crippen LogP contribution in [-0.4, -0.2) is 89.7 Å². The lowest BCUT2D eigenvalue weighted by molar-refractivity contribution is -0.122. The van der Waals surface area contributed by atoms with Crippen molar-refractivity contribution in [2.24, 2.45) is 0 Å². The Morgan fingerprint density at radius 2 is 0.845 bits per heavy atom. The zero-order chi connectivity index (χ0) is 52.0. The van der Waals surface area contributed by atoms with Crippen LogP contribution in [0.2, 0.25) is 0 Å². The first-order chi connectivity index (χ1) is 33.9. The molecule has 20 nitrogen and oxygen atoms in total. The number of hydrazine groups is 4. The van der Waals surface area contributed by atoms with Crippen LogP contribution in [-0.2, 0) is 38.4 Å². The van der Waals surface area contributed by atoms with Gasteiger partial charge in [0.15, 0.2) is 0 Å². The maximum Gasteiger partial charge on any atom is 0.273 e. The number of thioether (sulfide) groups is 2. The molecule has 0 aromatic heterocycles. The standard InChI is InChI=1S/C49H60N8O12S2/c1-5-7-11-32-13-9-15-34(42(32)62)46(66)56-52-44(64)28(3)70-23-21-40(60)50-54-48(68)36-26-30(17-19-38(36)58)25-31-18-20-39(59)37(27-31)49(69)55-51-41(61)22-24-71-29(4)45(65)53-57-47(67)35-16-10-14-33(43(35)63)12-8-6-2/h9-10,13-20,26-29,58-59,62-63H,5-8,11-12,21-25H2,1-4H3,(H,50,60)(H,51,61)(H,52,64)(H,53,65)(H,54,68)(H,55,69)(H,56,66)(H,57,67). The number of rotatable bonds is 22. The van der Waals surface area contributed by atoms with Gasteiger partial charge in [0.1, 0.15) is 23.0 Å². The second-order valence-corrected chi connectivity index (χ2v) is 19.0. The Kier molecular flexibility index (Phi) is 22.3. The van der Waals surface area contributed by atoms with Crippen LogP contribution in [0.4, 0.5) is 0 Å². The van der Waals surface area contributed by atoms with E-state index in [-0.39, 0.29) is 76.0 Å². The fraction of sp³-hybridized carbons (Fsp3) is 0.347. The van der Waals surface area contributed by atoms with Gasteiger partial charge in [-0.15, -0.1) is 23.5 Å². The van der Waals surface area contributed by atoms with Gasteiger partial charge >= 0.3 is 0 Å². The molecule has 4 aromatic rings. The first kappa shape index (κ1) is 56.1. The van der Waals surface area contributed by atoms with Crippen molar-refractivity contribution in [2.45, 2.75) is 96.0 Å². The minimum Gasteiger partial charge on any atom is -0.507 e. The van der Waals surface area contributed by atoms with Crippen LogP contribution in [0, 0.1) is 0 Å². The number of amides is 8. The van der Waals surface area contributed by atoms with Crippen molar-refractivity contribution >= 4 is 70.8 Å². The van der Waals surface area contributed by atoms with Crippen molar-refractivity contribution in [3.8, 4) is 23.0 Å². The molecule has 380 valence electrons. The number of phenolic OH excluding ortho intramolecular Hbond substituents is 4. The summed E-state index contributed by atoms with van der Waals surface area (Å²) in [5.41, 5.74) is 20.2. The molecule has 4 aromatic carbocycles. The highest BCUT2D eigenvalue weighted by atomic mass is 32.2. The summed E-state index contributed by atoms with van der Waals surface area (Å²) in [5.74, 6) is -6.04. The minimum absolute atomic E-state index is 0.0219. The predicted molar refractivity (Wildman–Crippen MR) is 268 cm³/mol. The fourth-order valence-corrected chi connectivity index (χ4v) is 8.30. The normalized spacial score (nSPS) is 11.5. The molecule has 0 heterocycles. The van der Waals surface area contributed by atoms with E-state index < -0.39 is 57.8 Å². The Balaban J connectivity index is 1.17. The first-order valence-corrected chi connectivity index (χ1v) is 24.9. The SMILES string of the molecule is CCCCc1cccc(C(=O)NNC(=O)C(C)SCCC(=O)NNC(=O)c2cc(Cc3ccc(O)c(C(=O)NNC(=O)CCSC(C)C(=O)NNC(=O)c4cccc(CCCC)c4O)c3)ccc2O)c1O. The molecule has 0 fully saturated rings. The number of aromatic hydroxyl groups is 4. The summed E-state index contributed by atoms with van der Waals surface area (Å²) < 4.78 is 0. The lowest BCUT2D eigenvalue weighted by Crippen LogP contribution is -2.45. The van der Waals surface area contributed by atoms with E-state index in [1.54, 1.807) is 38.1 Å². The number of aryl methyl sites for hydroxylation is 2. The molecule has 8 amide bonds. The summed E-state index contributed by atoms with van der Waals surface area (Å²) in [6.07, 6.45) is 4.62. The van der Waals surface area contributed by atoms with Crippen molar-refractivity contribution in [1.82, 2.24) is 43.4 Å². The summed E-state index contributed by atoms with van der Waals surface area (Å²) in [6.45, 7) is 7.18. The largest absolute Gasteiger partial charge is 0.507 e. The Morgan fingerprint density at radius 1 is 0.479 bits per heavy atom. The third kappa shape index (κ3) is 17.5. The zero-order valence-electron chi connectivity index (χ0n) is 39.7. The average Bonchev–Trinajstić information content (AvgIpc) is 3.35. The van der Waals surface area contributed by atoms with Crippen molar-refractivity contribution in [2.75, 3.05) is 11.5 Å². The van der Waals surface area contributed by atoms with Crippen LogP contribution < -0.4 is 43.4 Å². The fourth-order valence-electron chi connectivity index (χ4n) is 6.57. The quantitative estimate of drug-likeness (QED) is 0.0490. The van der Waals surface area contributed by atoms with Crippen LogP contribution in [0.5, 0.6) is 23.0 Å². The highest BCUT2D eigenvalue weighted by molar-refractivity contribution is 8.00. The van der Waals surface area contributed by atoms with Crippen LogP contribution >= 0.6 is 23.5 Å². The average molecular weight is 1020 g/mol. The third-order valence-corrected chi connectivity index (χ3v) is 13.0. The molecule has 2 unspecified atom stereocenters. The van der Waals surface area contributed by atoms with E-state index >= 15 is 0 Å². The maximum absolute atomic E-state index is 13.0. The minimum atomic E-state index is -0.835. The number of phenols is 4. The first-order valence-electron chi connectivity index (χ1n) is 22.8. The Bertz CT molecular complexity index is 2410. The van der Waals surface area contributed by atoms with Gasteiger partial charge < -0.3 is 20.4 Å². The molecule has 0 aliphatic carbocycles. The van der Waals surface area contributed by atoms with E-state index in [1.807, 2.05) is 13.8 Å². The van der Waals surface area contributed by atoms with E-state index in [4.69, 9.17) is 0 Å². The molecule has 12 N–H and O–H groups in total. The highest BCUT2D eigenvalue weighted by Crippen LogP contribution is 2.27. The second-order valence-electron chi connectivity index (χ2n) is 16.1. The van der Waals surface area contributed by atoms with E-state index in [0.29, 0.717) is 35.1 Å². The summed E-state index contributed by atoms with van der Waals surface area (Å²) in [5, 5.41) is 40.5. The number of carbonyl (C=O) groups is 8. The highest BCUT2D eigenvalue weighted by Gasteiger charge is 2.21. The van der Waals surface area contributed by atoms with Gasteiger partial charge in [-0.3, -0.25) is 81.8 Å². The van der Waals surface area contributed by atoms with Crippen molar-refractivity contribution < 1.29 is 58.8 Å². The van der Waals surface area contributed by atoms with Gasteiger partial charge in [-0.25, -0.2) is 0 Å². The van der Waals surface area contributed by atoms with E-state index in [2.05, 4.69) is 43.4 Å². The monoisotopic (exact) mass is 1020 g/mol. The third-order valence-electron chi connectivity index (χ3n) is 10.7. The maximum atomic E-state index is 13.0. The molecule has 22 heteroatoms. The summed E-state index contributed by atoms with van der Waals surface area (Å²) in [7, 11) is 0. The van der Waals surface area contributed by atoms with Crippen molar-refractivity contribution in [3.05, 3.63) is 117 Å². The molecule has 71 heavy (non-hydrogen) atoms. The zero-order valence-corrected chi connectivity index (χ0v) is 41.4. The molecule has 0 saturated heterocycles. The number of unbranched alkanes of at least 4 members (excludes halogenated alkanes) is 2. The molecule has 2 atom stereocenters. The van der Waals surface area contributed by atoms with Gasteiger partial charge in [0.05, 0.1) is 32.8 Å². The van der Waals surface area contributed by atoms with Crippen LogP contribution in [0.3, 0.4) is 0 Å². The van der Waals surface area contributed by atoms with Gasteiger partial charge in [0, 0.05) is 24.3 Å². The summed E-state index contributed by atoms with van der Waals surface area (Å²) in [6, 6.07) is 18.0. The molecule has 0 aliphatic rings.